The average Bonchev–Trinajstić information content (AvgIpc) is 3.96. The topological polar surface area (TPSA) is 13.1 Å². The fraction of sp³-hybridized carbons (Fsp3) is 0. The summed E-state index contributed by atoms with van der Waals surface area (Å²) < 4.78 is 267. The first-order chi connectivity index (χ1) is 36.4. The summed E-state index contributed by atoms with van der Waals surface area (Å²) in [5.74, 6) is 0. The van der Waals surface area contributed by atoms with E-state index >= 15 is 0 Å². The third kappa shape index (κ3) is 4.40. The van der Waals surface area contributed by atoms with Crippen LogP contribution < -0.4 is 0 Å². The number of hydrogen-bond donors (Lipinski definition) is 0. The van der Waals surface area contributed by atoms with Crippen LogP contribution in [0.1, 0.15) is 39.8 Å². The van der Waals surface area contributed by atoms with E-state index in [1.165, 1.54) is 0 Å². The third-order valence-electron chi connectivity index (χ3n) is 7.95. The van der Waals surface area contributed by atoms with Crippen LogP contribution in [0.2, 0.25) is 0 Å². The first-order valence-corrected chi connectivity index (χ1v) is 14.5. The molecule has 9 aromatic carbocycles. The van der Waals surface area contributed by atoms with Crippen molar-refractivity contribution >= 4 is 54.3 Å². The SMILES string of the molecule is [2H]c1cc2c(oc3c([2H])c([2H])c(-c4c([2H])c([2H])c([2H])c([2H])c4[2H])c([2H])c32)c(-c2c3c([2H])c([2H])c([2H])c([2H])c3c(-c3c([2H])c([2H])c([2H])c(-c4c([2H])c([2H])c([2H])c5c([2H])c([2H])c([2H])c([2H])c45)c3[2H])c3c([2H])c([2H])c([2H])c([2H])c23)c1[2H]. The van der Waals surface area contributed by atoms with Gasteiger partial charge >= 0.3 is 0 Å². The monoisotopic (exact) mass is 651 g/mol. The van der Waals surface area contributed by atoms with Crippen LogP contribution >= 0.6 is 0 Å². The molecule has 1 heteroatoms. The molecule has 1 nitrogen and oxygen atoms in total. The smallest absolute Gasteiger partial charge is 0.143 e. The minimum absolute atomic E-state index is 0.333. The van der Waals surface area contributed by atoms with Crippen molar-refractivity contribution in [3.05, 3.63) is 181 Å². The molecule has 0 aliphatic rings. The number of benzene rings is 9. The number of hydrogen-bond acceptors (Lipinski definition) is 1. The molecule has 0 atom stereocenters. The van der Waals surface area contributed by atoms with Gasteiger partial charge in [0.05, 0.1) is 39.8 Å². The van der Waals surface area contributed by atoms with Gasteiger partial charge in [0, 0.05) is 21.9 Å². The van der Waals surface area contributed by atoms with Crippen molar-refractivity contribution in [2.75, 3.05) is 0 Å². The Morgan fingerprint density at radius 1 is 0.347 bits per heavy atom. The highest BCUT2D eigenvalue weighted by molar-refractivity contribution is 6.24. The van der Waals surface area contributed by atoms with E-state index in [4.69, 9.17) is 31.8 Å². The van der Waals surface area contributed by atoms with E-state index in [2.05, 4.69) is 0 Å². The molecule has 0 spiro atoms. The highest BCUT2D eigenvalue weighted by Crippen LogP contribution is 2.47. The summed E-state index contributed by atoms with van der Waals surface area (Å²) in [7, 11) is 0. The largest absolute Gasteiger partial charge is 0.455 e. The van der Waals surface area contributed by atoms with E-state index in [-0.39, 0.29) is 5.39 Å². The van der Waals surface area contributed by atoms with Crippen LogP contribution in [-0.2, 0) is 0 Å². The quantitative estimate of drug-likeness (QED) is 0.173. The Morgan fingerprint density at radius 2 is 0.939 bits per heavy atom. The molecule has 0 amide bonds. The third-order valence-corrected chi connectivity index (χ3v) is 7.95. The molecular formula is C48H30O. The number of fused-ring (bicyclic) bond motifs is 6. The summed E-state index contributed by atoms with van der Waals surface area (Å²) >= 11 is 0. The maximum Gasteiger partial charge on any atom is 0.143 e. The molecule has 0 saturated heterocycles. The Morgan fingerprint density at radius 3 is 1.71 bits per heavy atom. The second-order valence-electron chi connectivity index (χ2n) is 10.6. The van der Waals surface area contributed by atoms with Crippen molar-refractivity contribution in [2.24, 2.45) is 0 Å². The van der Waals surface area contributed by atoms with E-state index in [0.717, 1.165) is 6.07 Å². The molecule has 0 fully saturated rings. The Bertz CT molecular complexity index is 4420. The molecule has 0 aliphatic carbocycles. The predicted octanol–water partition coefficient (Wildman–Crippen LogP) is 13.7. The maximum atomic E-state index is 9.89. The first-order valence-electron chi connectivity index (χ1n) is 29.0. The van der Waals surface area contributed by atoms with Gasteiger partial charge in [0.1, 0.15) is 11.2 Å². The summed E-state index contributed by atoms with van der Waals surface area (Å²) in [5.41, 5.74) is -7.11. The second kappa shape index (κ2) is 11.1. The van der Waals surface area contributed by atoms with Gasteiger partial charge in [0.15, 0.2) is 0 Å². The van der Waals surface area contributed by atoms with Gasteiger partial charge < -0.3 is 4.42 Å². The highest BCUT2D eigenvalue weighted by Gasteiger charge is 2.20. The summed E-state index contributed by atoms with van der Waals surface area (Å²) in [6.07, 6.45) is 0. The second-order valence-corrected chi connectivity index (χ2v) is 10.6. The van der Waals surface area contributed by atoms with E-state index in [1.54, 1.807) is 0 Å². The predicted molar refractivity (Wildman–Crippen MR) is 208 cm³/mol. The molecular weight excluding hydrogens is 593 g/mol. The maximum absolute atomic E-state index is 9.89. The van der Waals surface area contributed by atoms with Crippen molar-refractivity contribution in [2.45, 2.75) is 0 Å². The van der Waals surface area contributed by atoms with Crippen molar-refractivity contribution in [1.29, 1.82) is 0 Å². The number of furan rings is 1. The Labute approximate surface area is 325 Å². The zero-order valence-electron chi connectivity index (χ0n) is 53.5. The van der Waals surface area contributed by atoms with Gasteiger partial charge in [-0.3, -0.25) is 0 Å². The van der Waals surface area contributed by atoms with Gasteiger partial charge in [0.2, 0.25) is 0 Å². The van der Waals surface area contributed by atoms with Gasteiger partial charge in [-0.15, -0.1) is 0 Å². The number of para-hydroxylation sites is 1. The fourth-order valence-electron chi connectivity index (χ4n) is 5.89. The molecule has 0 radical (unpaired) electrons. The minimum Gasteiger partial charge on any atom is -0.455 e. The van der Waals surface area contributed by atoms with E-state index in [1.807, 2.05) is 0 Å². The summed E-state index contributed by atoms with van der Waals surface area (Å²) in [4.78, 5) is 0. The lowest BCUT2D eigenvalue weighted by molar-refractivity contribution is 0.670. The summed E-state index contributed by atoms with van der Waals surface area (Å²) in [6, 6.07) is -25.9. The zero-order chi connectivity index (χ0) is 57.5. The van der Waals surface area contributed by atoms with Gasteiger partial charge in [-0.1, -0.05) is 163 Å². The molecule has 228 valence electrons. The zero-order valence-corrected chi connectivity index (χ0v) is 24.5. The summed E-state index contributed by atoms with van der Waals surface area (Å²) in [5, 5.41) is -5.02. The van der Waals surface area contributed by atoms with Gasteiger partial charge in [-0.25, -0.2) is 0 Å². The lowest BCUT2D eigenvalue weighted by atomic mass is 9.85. The normalized spacial score (nSPS) is 20.0. The van der Waals surface area contributed by atoms with Crippen LogP contribution in [0.5, 0.6) is 0 Å². The molecule has 0 N–H and O–H groups in total. The lowest BCUT2D eigenvalue weighted by Gasteiger charge is -2.18. The van der Waals surface area contributed by atoms with Crippen LogP contribution in [0.4, 0.5) is 0 Å². The molecule has 0 saturated carbocycles. The highest BCUT2D eigenvalue weighted by atomic mass is 16.3. The van der Waals surface area contributed by atoms with E-state index < -0.39 is 269 Å². The van der Waals surface area contributed by atoms with E-state index in [0.29, 0.717) is 0 Å². The van der Waals surface area contributed by atoms with E-state index in [9.17, 15) is 12.3 Å². The van der Waals surface area contributed by atoms with Crippen molar-refractivity contribution in [3.63, 3.8) is 0 Å². The van der Waals surface area contributed by atoms with Crippen molar-refractivity contribution < 1.29 is 44.2 Å². The average molecular weight is 652 g/mol. The van der Waals surface area contributed by atoms with Crippen molar-refractivity contribution in [1.82, 2.24) is 0 Å². The molecule has 1 heterocycles. The fourth-order valence-corrected chi connectivity index (χ4v) is 5.89. The number of rotatable bonds is 4. The van der Waals surface area contributed by atoms with Crippen LogP contribution in [0.3, 0.4) is 0 Å². The summed E-state index contributed by atoms with van der Waals surface area (Å²) in [6.45, 7) is 0. The first kappa shape index (κ1) is 11.3. The molecule has 10 rings (SSSR count). The molecule has 49 heavy (non-hydrogen) atoms. The molecule has 0 aliphatic heterocycles. The molecule has 10 aromatic rings. The Balaban J connectivity index is 1.47. The van der Waals surface area contributed by atoms with Crippen LogP contribution in [0.25, 0.3) is 98.8 Å². The molecule has 1 aromatic heterocycles. The lowest BCUT2D eigenvalue weighted by Crippen LogP contribution is -1.91. The van der Waals surface area contributed by atoms with Crippen LogP contribution in [-0.4, -0.2) is 0 Å². The van der Waals surface area contributed by atoms with Gasteiger partial charge in [0.25, 0.3) is 0 Å². The van der Waals surface area contributed by atoms with Crippen LogP contribution in [0, 0.1) is 0 Å². The standard InChI is InChI=1S/C48H30O/c1-2-13-31(14-3-1)33-27-28-45-44(30-33)42-25-12-26-43(48(42)49-45)47-40-22-8-6-20-38(40)46(39-21-7-9-23-41(39)47)35-18-10-17-34(29-35)37-24-11-16-32-15-4-5-19-36(32)37/h1-30H/i1D,2D,3D,4D,5D,6D,7D,8D,9D,10D,11D,12D,13D,14D,15D,16D,17D,18D,19D,20D,21D,22D,23D,24D,26D,27D,28D,29D,30D. The van der Waals surface area contributed by atoms with Crippen LogP contribution in [0.15, 0.2) is 186 Å². The molecule has 0 unspecified atom stereocenters. The van der Waals surface area contributed by atoms with Gasteiger partial charge in [-0.05, 0) is 83.8 Å². The Hall–Kier alpha value is -6.44. The minimum atomic E-state index is -1.09. The molecule has 0 bridgehead atoms. The van der Waals surface area contributed by atoms with Crippen molar-refractivity contribution in [3.8, 4) is 44.5 Å². The van der Waals surface area contributed by atoms with Gasteiger partial charge in [-0.2, -0.15) is 0 Å². The Kier molecular flexibility index (Phi) is 2.56.